The maximum Gasteiger partial charge on any atom is 0.191 e. The molecule has 0 aliphatic rings. The zero-order chi connectivity index (χ0) is 19.5. The first-order valence-electron chi connectivity index (χ1n) is 9.13. The van der Waals surface area contributed by atoms with Crippen LogP contribution in [0.15, 0.2) is 59.6 Å². The molecule has 2 N–H and O–H groups in total. The zero-order valence-corrected chi connectivity index (χ0v) is 17.1. The summed E-state index contributed by atoms with van der Waals surface area (Å²) in [6.45, 7) is 5.29. The molecule has 0 spiro atoms. The standard InChI is InChI=1S/C21H29N3O2S/c1-17-8-7-11-20(14-17)26-18(2)15-24-21(22-3)23-12-13-27(25)16-19-9-5-4-6-10-19/h4-11,14,18H,12-13,15-16H2,1-3H3,(H2,22,23,24). The lowest BCUT2D eigenvalue weighted by Crippen LogP contribution is -2.43. The van der Waals surface area contributed by atoms with Gasteiger partial charge in [0.1, 0.15) is 11.9 Å². The van der Waals surface area contributed by atoms with Crippen molar-refractivity contribution in [2.75, 3.05) is 25.9 Å². The van der Waals surface area contributed by atoms with E-state index in [1.54, 1.807) is 7.05 Å². The van der Waals surface area contributed by atoms with E-state index in [1.165, 1.54) is 5.56 Å². The van der Waals surface area contributed by atoms with Crippen molar-refractivity contribution in [1.29, 1.82) is 0 Å². The van der Waals surface area contributed by atoms with Crippen molar-refractivity contribution in [3.8, 4) is 5.75 Å². The van der Waals surface area contributed by atoms with Gasteiger partial charge in [-0.3, -0.25) is 9.20 Å². The summed E-state index contributed by atoms with van der Waals surface area (Å²) in [7, 11) is 0.824. The fourth-order valence-corrected chi connectivity index (χ4v) is 3.58. The quantitative estimate of drug-likeness (QED) is 0.513. The number of aliphatic imine (C=N–C) groups is 1. The van der Waals surface area contributed by atoms with Crippen LogP contribution in [0.2, 0.25) is 0 Å². The molecule has 2 atom stereocenters. The maximum atomic E-state index is 12.2. The van der Waals surface area contributed by atoms with Gasteiger partial charge in [-0.05, 0) is 37.1 Å². The SMILES string of the molecule is CN=C(NCCS(=O)Cc1ccccc1)NCC(C)Oc1cccc(C)c1. The van der Waals surface area contributed by atoms with E-state index in [-0.39, 0.29) is 6.10 Å². The van der Waals surface area contributed by atoms with Crippen molar-refractivity contribution < 1.29 is 8.95 Å². The van der Waals surface area contributed by atoms with E-state index in [2.05, 4.69) is 15.6 Å². The Labute approximate surface area is 164 Å². The molecule has 146 valence electrons. The molecule has 0 saturated heterocycles. The summed E-state index contributed by atoms with van der Waals surface area (Å²) in [6.07, 6.45) is -0.00226. The first kappa shape index (κ1) is 21.0. The molecular weight excluding hydrogens is 358 g/mol. The number of rotatable bonds is 9. The van der Waals surface area contributed by atoms with Crippen LogP contribution < -0.4 is 15.4 Å². The second-order valence-electron chi connectivity index (χ2n) is 6.40. The molecule has 5 nitrogen and oxygen atoms in total. The smallest absolute Gasteiger partial charge is 0.191 e. The first-order valence-corrected chi connectivity index (χ1v) is 10.6. The lowest BCUT2D eigenvalue weighted by molar-refractivity contribution is 0.223. The van der Waals surface area contributed by atoms with Gasteiger partial charge in [0.2, 0.25) is 0 Å². The van der Waals surface area contributed by atoms with E-state index in [0.29, 0.717) is 30.6 Å². The second-order valence-corrected chi connectivity index (χ2v) is 7.98. The second kappa shape index (κ2) is 11.4. The minimum Gasteiger partial charge on any atom is -0.489 e. The molecule has 0 aliphatic heterocycles. The highest BCUT2D eigenvalue weighted by atomic mass is 32.2. The molecule has 0 heterocycles. The summed E-state index contributed by atoms with van der Waals surface area (Å²) in [5.41, 5.74) is 2.27. The average Bonchev–Trinajstić information content (AvgIpc) is 2.65. The van der Waals surface area contributed by atoms with E-state index in [0.717, 1.165) is 11.3 Å². The monoisotopic (exact) mass is 387 g/mol. The van der Waals surface area contributed by atoms with Gasteiger partial charge in [-0.25, -0.2) is 0 Å². The van der Waals surface area contributed by atoms with Gasteiger partial charge >= 0.3 is 0 Å². The van der Waals surface area contributed by atoms with Crippen molar-refractivity contribution in [3.63, 3.8) is 0 Å². The fraction of sp³-hybridized carbons (Fsp3) is 0.381. The van der Waals surface area contributed by atoms with Gasteiger partial charge in [0, 0.05) is 35.9 Å². The van der Waals surface area contributed by atoms with Gasteiger partial charge in [0.05, 0.1) is 6.54 Å². The Balaban J connectivity index is 1.67. The number of nitrogens with one attached hydrogen (secondary N) is 2. The summed E-state index contributed by atoms with van der Waals surface area (Å²) in [5, 5.41) is 6.45. The van der Waals surface area contributed by atoms with Crippen LogP contribution in [0.25, 0.3) is 0 Å². The van der Waals surface area contributed by atoms with Crippen molar-refractivity contribution in [2.45, 2.75) is 25.7 Å². The van der Waals surface area contributed by atoms with Crippen LogP contribution in [0.5, 0.6) is 5.75 Å². The number of guanidine groups is 1. The van der Waals surface area contributed by atoms with Crippen LogP contribution in [0.4, 0.5) is 0 Å². The van der Waals surface area contributed by atoms with Gasteiger partial charge < -0.3 is 15.4 Å². The third kappa shape index (κ3) is 8.26. The predicted molar refractivity (Wildman–Crippen MR) is 114 cm³/mol. The molecular formula is C21H29N3O2S. The summed E-state index contributed by atoms with van der Waals surface area (Å²) in [4.78, 5) is 4.20. The molecule has 2 unspecified atom stereocenters. The van der Waals surface area contributed by atoms with Crippen molar-refractivity contribution in [2.24, 2.45) is 4.99 Å². The number of aryl methyl sites for hydroxylation is 1. The highest BCUT2D eigenvalue weighted by Gasteiger charge is 2.07. The van der Waals surface area contributed by atoms with Crippen LogP contribution >= 0.6 is 0 Å². The number of hydrogen-bond donors (Lipinski definition) is 2. The lowest BCUT2D eigenvalue weighted by atomic mass is 10.2. The van der Waals surface area contributed by atoms with E-state index in [4.69, 9.17) is 4.74 Å². The zero-order valence-electron chi connectivity index (χ0n) is 16.3. The summed E-state index contributed by atoms with van der Waals surface area (Å²) >= 11 is 0. The molecule has 2 rings (SSSR count). The number of ether oxygens (including phenoxy) is 1. The Morgan fingerprint density at radius 3 is 2.63 bits per heavy atom. The summed E-state index contributed by atoms with van der Waals surface area (Å²) in [6, 6.07) is 17.9. The minimum atomic E-state index is -0.901. The van der Waals surface area contributed by atoms with Crippen molar-refractivity contribution in [3.05, 3.63) is 65.7 Å². The molecule has 0 radical (unpaired) electrons. The number of hydrogen-bond acceptors (Lipinski definition) is 3. The molecule has 0 fully saturated rings. The Morgan fingerprint density at radius 2 is 1.93 bits per heavy atom. The Bertz CT molecular complexity index is 750. The van der Waals surface area contributed by atoms with Crippen LogP contribution in [0, 0.1) is 6.92 Å². The molecule has 0 bridgehead atoms. The van der Waals surface area contributed by atoms with Crippen LogP contribution in [0.3, 0.4) is 0 Å². The van der Waals surface area contributed by atoms with Crippen molar-refractivity contribution in [1.82, 2.24) is 10.6 Å². The molecule has 2 aromatic carbocycles. The Morgan fingerprint density at radius 1 is 1.15 bits per heavy atom. The number of benzene rings is 2. The van der Waals surface area contributed by atoms with E-state index in [9.17, 15) is 4.21 Å². The normalized spacial score (nSPS) is 13.7. The maximum absolute atomic E-state index is 12.2. The van der Waals surface area contributed by atoms with Gasteiger partial charge in [0.15, 0.2) is 5.96 Å². The number of nitrogens with zero attached hydrogens (tertiary/aromatic N) is 1. The average molecular weight is 388 g/mol. The minimum absolute atomic E-state index is 0.00226. The van der Waals surface area contributed by atoms with Crippen LogP contribution in [-0.2, 0) is 16.6 Å². The topological polar surface area (TPSA) is 62.7 Å². The third-order valence-electron chi connectivity index (χ3n) is 3.90. The van der Waals surface area contributed by atoms with E-state index in [1.807, 2.05) is 68.4 Å². The van der Waals surface area contributed by atoms with Gasteiger partial charge in [-0.2, -0.15) is 0 Å². The van der Waals surface area contributed by atoms with E-state index >= 15 is 0 Å². The highest BCUT2D eigenvalue weighted by molar-refractivity contribution is 7.84. The van der Waals surface area contributed by atoms with Crippen LogP contribution in [0.1, 0.15) is 18.1 Å². The van der Waals surface area contributed by atoms with Gasteiger partial charge in [-0.15, -0.1) is 0 Å². The Hall–Kier alpha value is -2.34. The van der Waals surface area contributed by atoms with Gasteiger partial charge in [0.25, 0.3) is 0 Å². The molecule has 0 amide bonds. The summed E-state index contributed by atoms with van der Waals surface area (Å²) < 4.78 is 18.1. The molecule has 0 aliphatic carbocycles. The van der Waals surface area contributed by atoms with E-state index < -0.39 is 10.8 Å². The summed E-state index contributed by atoms with van der Waals surface area (Å²) in [5.74, 6) is 2.70. The highest BCUT2D eigenvalue weighted by Crippen LogP contribution is 2.13. The first-order chi connectivity index (χ1) is 13.1. The third-order valence-corrected chi connectivity index (χ3v) is 5.21. The molecule has 0 aromatic heterocycles. The Kier molecular flexibility index (Phi) is 8.84. The fourth-order valence-electron chi connectivity index (χ4n) is 2.54. The molecule has 27 heavy (non-hydrogen) atoms. The molecule has 2 aromatic rings. The van der Waals surface area contributed by atoms with Crippen molar-refractivity contribution >= 4 is 16.8 Å². The predicted octanol–water partition coefficient (Wildman–Crippen LogP) is 2.88. The molecule has 0 saturated carbocycles. The van der Waals surface area contributed by atoms with Crippen LogP contribution in [-0.4, -0.2) is 42.2 Å². The largest absolute Gasteiger partial charge is 0.489 e. The lowest BCUT2D eigenvalue weighted by Gasteiger charge is -2.18. The molecule has 6 heteroatoms. The van der Waals surface area contributed by atoms with Gasteiger partial charge in [-0.1, -0.05) is 42.5 Å².